The third-order valence-electron chi connectivity index (χ3n) is 4.80. The van der Waals surface area contributed by atoms with Crippen molar-refractivity contribution in [2.24, 2.45) is 5.73 Å². The van der Waals surface area contributed by atoms with Gasteiger partial charge in [0.05, 0.1) is 18.0 Å². The van der Waals surface area contributed by atoms with E-state index in [9.17, 15) is 18.0 Å². The average molecular weight is 480 g/mol. The molecule has 1 aliphatic heterocycles. The summed E-state index contributed by atoms with van der Waals surface area (Å²) in [6.45, 7) is 2.02. The zero-order valence-corrected chi connectivity index (χ0v) is 19.8. The fourth-order valence-electron chi connectivity index (χ4n) is 3.26. The topological polar surface area (TPSA) is 110 Å². The Labute approximate surface area is 191 Å². The first-order valence-electron chi connectivity index (χ1n) is 9.75. The minimum Gasteiger partial charge on any atom is -0.366 e. The molecule has 0 saturated carbocycles. The van der Waals surface area contributed by atoms with E-state index in [1.54, 1.807) is 36.9 Å². The molecule has 7 nitrogen and oxygen atoms in total. The molecule has 1 heterocycles. The number of nitrogens with two attached hydrogens (primary N) is 1. The molecule has 0 radical (unpaired) electrons. The molecule has 2 aromatic carbocycles. The summed E-state index contributed by atoms with van der Waals surface area (Å²) in [5.41, 5.74) is 7.19. The minimum atomic E-state index is -3.58. The number of hydrogen-bond acceptors (Lipinski definition) is 6. The van der Waals surface area contributed by atoms with Crippen LogP contribution in [0, 0.1) is 0 Å². The SMILES string of the molecule is CCCS(=O)(=O)N[C@H]1CSc2ccc(C(N)=O)cc2N(Cc2ccc(SC)cc2)C1=O. The molecule has 2 aromatic rings. The predicted octanol–water partition coefficient (Wildman–Crippen LogP) is 2.84. The molecule has 0 fully saturated rings. The molecule has 0 saturated heterocycles. The first kappa shape index (κ1) is 23.6. The van der Waals surface area contributed by atoms with Crippen LogP contribution in [0.4, 0.5) is 5.69 Å². The number of thioether (sulfide) groups is 2. The maximum Gasteiger partial charge on any atom is 0.248 e. The summed E-state index contributed by atoms with van der Waals surface area (Å²) < 4.78 is 27.3. The number of anilines is 1. The number of hydrogen-bond donors (Lipinski definition) is 2. The van der Waals surface area contributed by atoms with E-state index in [-0.39, 0.29) is 24.0 Å². The lowest BCUT2D eigenvalue weighted by atomic mass is 10.1. The van der Waals surface area contributed by atoms with Gasteiger partial charge in [-0.2, -0.15) is 0 Å². The summed E-state index contributed by atoms with van der Waals surface area (Å²) in [5, 5.41) is 0. The van der Waals surface area contributed by atoms with Crippen molar-refractivity contribution >= 4 is 51.0 Å². The normalized spacial score (nSPS) is 16.6. The van der Waals surface area contributed by atoms with Crippen molar-refractivity contribution < 1.29 is 18.0 Å². The molecule has 1 aliphatic rings. The van der Waals surface area contributed by atoms with Crippen LogP contribution in [0.15, 0.2) is 52.3 Å². The van der Waals surface area contributed by atoms with Crippen LogP contribution in [0.5, 0.6) is 0 Å². The standard InChI is InChI=1S/C21H25N3O4S3/c1-3-10-31(27,28)23-17-13-30-19-9-6-15(20(22)25)11-18(19)24(21(17)26)12-14-4-7-16(29-2)8-5-14/h4-9,11,17,23H,3,10,12-13H2,1-2H3,(H2,22,25)/t17-/m0/s1. The Morgan fingerprint density at radius 1 is 1.26 bits per heavy atom. The number of sulfonamides is 1. The summed E-state index contributed by atoms with van der Waals surface area (Å²) in [4.78, 5) is 28.6. The minimum absolute atomic E-state index is 0.0453. The van der Waals surface area contributed by atoms with Gasteiger partial charge in [-0.05, 0) is 48.6 Å². The third-order valence-corrected chi connectivity index (χ3v) is 8.29. The summed E-state index contributed by atoms with van der Waals surface area (Å²) in [7, 11) is -3.58. The summed E-state index contributed by atoms with van der Waals surface area (Å²) >= 11 is 3.00. The highest BCUT2D eigenvalue weighted by molar-refractivity contribution is 7.99. The number of carbonyl (C=O) groups excluding carboxylic acids is 2. The van der Waals surface area contributed by atoms with Gasteiger partial charge in [0.25, 0.3) is 0 Å². The van der Waals surface area contributed by atoms with Gasteiger partial charge in [0, 0.05) is 21.1 Å². The Bertz CT molecular complexity index is 1070. The van der Waals surface area contributed by atoms with Crippen LogP contribution in [-0.4, -0.2) is 44.0 Å². The van der Waals surface area contributed by atoms with E-state index >= 15 is 0 Å². The first-order chi connectivity index (χ1) is 14.7. The second-order valence-corrected chi connectivity index (χ2v) is 10.9. The highest BCUT2D eigenvalue weighted by Gasteiger charge is 2.33. The molecule has 1 atom stereocenters. The summed E-state index contributed by atoms with van der Waals surface area (Å²) in [6, 6.07) is 11.9. The molecule has 0 bridgehead atoms. The number of fused-ring (bicyclic) bond motifs is 1. The Balaban J connectivity index is 2.00. The van der Waals surface area contributed by atoms with Crippen LogP contribution in [0.3, 0.4) is 0 Å². The van der Waals surface area contributed by atoms with Crippen molar-refractivity contribution in [3.63, 3.8) is 0 Å². The Morgan fingerprint density at radius 3 is 2.58 bits per heavy atom. The van der Waals surface area contributed by atoms with Crippen LogP contribution >= 0.6 is 23.5 Å². The zero-order chi connectivity index (χ0) is 22.6. The highest BCUT2D eigenvalue weighted by Crippen LogP contribution is 2.36. The van der Waals surface area contributed by atoms with Crippen LogP contribution in [0.1, 0.15) is 29.3 Å². The van der Waals surface area contributed by atoms with Gasteiger partial charge < -0.3 is 10.6 Å². The number of benzene rings is 2. The molecule has 3 rings (SSSR count). The molecule has 0 aromatic heterocycles. The maximum absolute atomic E-state index is 13.5. The van der Waals surface area contributed by atoms with E-state index in [0.717, 1.165) is 15.4 Å². The molecule has 31 heavy (non-hydrogen) atoms. The number of rotatable bonds is 8. The Hall–Kier alpha value is -2.01. The summed E-state index contributed by atoms with van der Waals surface area (Å²) in [6.07, 6.45) is 2.44. The number of carbonyl (C=O) groups is 2. The number of amides is 2. The van der Waals surface area contributed by atoms with E-state index < -0.39 is 22.0 Å². The lowest BCUT2D eigenvalue weighted by Gasteiger charge is -2.26. The Morgan fingerprint density at radius 2 is 1.97 bits per heavy atom. The molecule has 3 N–H and O–H groups in total. The predicted molar refractivity (Wildman–Crippen MR) is 126 cm³/mol. The molecule has 166 valence electrons. The zero-order valence-electron chi connectivity index (χ0n) is 17.3. The van der Waals surface area contributed by atoms with E-state index in [1.165, 1.54) is 16.7 Å². The van der Waals surface area contributed by atoms with Gasteiger partial charge in [0.1, 0.15) is 6.04 Å². The van der Waals surface area contributed by atoms with Crippen molar-refractivity contribution in [2.75, 3.05) is 22.7 Å². The molecule has 0 spiro atoms. The molecule has 2 amide bonds. The fourth-order valence-corrected chi connectivity index (χ4v) is 6.10. The quantitative estimate of drug-likeness (QED) is 0.564. The number of nitrogens with one attached hydrogen (secondary N) is 1. The van der Waals surface area contributed by atoms with Gasteiger partial charge in [0.2, 0.25) is 21.8 Å². The molecule has 0 unspecified atom stereocenters. The van der Waals surface area contributed by atoms with E-state index in [2.05, 4.69) is 4.72 Å². The fraction of sp³-hybridized carbons (Fsp3) is 0.333. The van der Waals surface area contributed by atoms with Gasteiger partial charge in [-0.3, -0.25) is 9.59 Å². The van der Waals surface area contributed by atoms with Crippen LogP contribution in [0.25, 0.3) is 0 Å². The lowest BCUT2D eigenvalue weighted by Crippen LogP contribution is -2.49. The summed E-state index contributed by atoms with van der Waals surface area (Å²) in [5.74, 6) is -0.737. The van der Waals surface area contributed by atoms with Crippen molar-refractivity contribution in [1.82, 2.24) is 4.72 Å². The average Bonchev–Trinajstić information content (AvgIpc) is 2.85. The Kier molecular flexibility index (Phi) is 7.68. The molecule has 10 heteroatoms. The van der Waals surface area contributed by atoms with Crippen molar-refractivity contribution in [3.05, 3.63) is 53.6 Å². The van der Waals surface area contributed by atoms with Gasteiger partial charge in [-0.1, -0.05) is 19.1 Å². The molecular weight excluding hydrogens is 454 g/mol. The molecular formula is C21H25N3O4S3. The van der Waals surface area contributed by atoms with E-state index in [0.29, 0.717) is 17.7 Å². The number of nitrogens with zero attached hydrogens (tertiary/aromatic N) is 1. The van der Waals surface area contributed by atoms with Crippen LogP contribution in [-0.2, 0) is 21.4 Å². The van der Waals surface area contributed by atoms with Crippen LogP contribution in [0.2, 0.25) is 0 Å². The largest absolute Gasteiger partial charge is 0.366 e. The van der Waals surface area contributed by atoms with Crippen molar-refractivity contribution in [1.29, 1.82) is 0 Å². The van der Waals surface area contributed by atoms with Crippen molar-refractivity contribution in [3.8, 4) is 0 Å². The van der Waals surface area contributed by atoms with Gasteiger partial charge in [-0.15, -0.1) is 23.5 Å². The first-order valence-corrected chi connectivity index (χ1v) is 13.6. The van der Waals surface area contributed by atoms with Crippen molar-refractivity contribution in [2.45, 2.75) is 35.7 Å². The second-order valence-electron chi connectivity index (χ2n) is 7.12. The maximum atomic E-state index is 13.5. The smallest absolute Gasteiger partial charge is 0.248 e. The molecule has 0 aliphatic carbocycles. The lowest BCUT2D eigenvalue weighted by molar-refractivity contribution is -0.119. The highest BCUT2D eigenvalue weighted by atomic mass is 32.2. The van der Waals surface area contributed by atoms with E-state index in [4.69, 9.17) is 5.73 Å². The van der Waals surface area contributed by atoms with E-state index in [1.807, 2.05) is 30.5 Å². The van der Waals surface area contributed by atoms with Crippen LogP contribution < -0.4 is 15.4 Å². The van der Waals surface area contributed by atoms with Gasteiger partial charge >= 0.3 is 0 Å². The van der Waals surface area contributed by atoms with Gasteiger partial charge in [-0.25, -0.2) is 13.1 Å². The van der Waals surface area contributed by atoms with Gasteiger partial charge in [0.15, 0.2) is 0 Å². The second kappa shape index (κ2) is 10.1. The third kappa shape index (κ3) is 5.82. The monoisotopic (exact) mass is 479 g/mol. The number of primary amides is 1.